The summed E-state index contributed by atoms with van der Waals surface area (Å²) in [6, 6.07) is 11.6. The molecule has 0 saturated carbocycles. The van der Waals surface area contributed by atoms with Crippen molar-refractivity contribution in [3.63, 3.8) is 0 Å². The lowest BCUT2D eigenvalue weighted by molar-refractivity contribution is -0.114. The Morgan fingerprint density at radius 2 is 1.88 bits per heavy atom. The Labute approximate surface area is 143 Å². The van der Waals surface area contributed by atoms with Crippen molar-refractivity contribution < 1.29 is 13.2 Å². The molecule has 1 amide bonds. The molecule has 0 aliphatic rings. The summed E-state index contributed by atoms with van der Waals surface area (Å²) < 4.78 is 28.2. The number of amides is 1. The van der Waals surface area contributed by atoms with Crippen LogP contribution in [0.25, 0.3) is 10.2 Å². The summed E-state index contributed by atoms with van der Waals surface area (Å²) in [5, 5.41) is 3.13. The third kappa shape index (κ3) is 3.39. The number of aromatic nitrogens is 1. The van der Waals surface area contributed by atoms with E-state index < -0.39 is 10.0 Å². The second kappa shape index (κ2) is 6.21. The molecule has 0 aliphatic carbocycles. The molecular weight excluding hydrogens is 346 g/mol. The van der Waals surface area contributed by atoms with E-state index in [1.165, 1.54) is 30.4 Å². The molecule has 1 heterocycles. The minimum Gasteiger partial charge on any atom is -0.302 e. The molecule has 0 saturated heterocycles. The maximum atomic E-state index is 12.4. The topological polar surface area (TPSA) is 88.2 Å². The number of hydrogen-bond acceptors (Lipinski definition) is 5. The minimum atomic E-state index is -3.65. The van der Waals surface area contributed by atoms with Gasteiger partial charge in [0.2, 0.25) is 5.91 Å². The Morgan fingerprint density at radius 3 is 2.54 bits per heavy atom. The largest absolute Gasteiger partial charge is 0.302 e. The zero-order valence-electron chi connectivity index (χ0n) is 13.0. The summed E-state index contributed by atoms with van der Waals surface area (Å²) in [5.74, 6) is -0.197. The lowest BCUT2D eigenvalue weighted by Gasteiger charge is -2.09. The van der Waals surface area contributed by atoms with E-state index in [0.29, 0.717) is 10.8 Å². The number of benzene rings is 2. The standard InChI is InChI=1S/C16H15N3O3S2/c1-10-8-12(19-24(21,22)13-6-4-3-5-7-13)9-14-15(10)18-16(23-14)17-11(2)20/h3-9,19H,1-2H3,(H,17,18,20). The number of thiazole rings is 1. The molecule has 8 heteroatoms. The van der Waals surface area contributed by atoms with Crippen molar-refractivity contribution in [3.8, 4) is 0 Å². The second-order valence-electron chi connectivity index (χ2n) is 5.26. The molecular formula is C16H15N3O3S2. The summed E-state index contributed by atoms with van der Waals surface area (Å²) in [6.07, 6.45) is 0. The normalized spacial score (nSPS) is 11.4. The second-order valence-corrected chi connectivity index (χ2v) is 7.97. The number of nitrogens with zero attached hydrogens (tertiary/aromatic N) is 1. The summed E-state index contributed by atoms with van der Waals surface area (Å²) in [5.41, 5.74) is 2.03. The highest BCUT2D eigenvalue weighted by atomic mass is 32.2. The van der Waals surface area contributed by atoms with Gasteiger partial charge in [-0.2, -0.15) is 0 Å². The molecule has 3 aromatic rings. The molecule has 0 atom stereocenters. The third-order valence-electron chi connectivity index (χ3n) is 3.27. The van der Waals surface area contributed by atoms with Gasteiger partial charge in [0.15, 0.2) is 5.13 Å². The Balaban J connectivity index is 1.97. The minimum absolute atomic E-state index is 0.197. The maximum Gasteiger partial charge on any atom is 0.261 e. The Morgan fingerprint density at radius 1 is 1.17 bits per heavy atom. The van der Waals surface area contributed by atoms with Crippen LogP contribution in [0.15, 0.2) is 47.4 Å². The number of nitrogens with one attached hydrogen (secondary N) is 2. The molecule has 2 N–H and O–H groups in total. The van der Waals surface area contributed by atoms with E-state index in [1.54, 1.807) is 30.3 Å². The van der Waals surface area contributed by atoms with Gasteiger partial charge >= 0.3 is 0 Å². The quantitative estimate of drug-likeness (QED) is 0.746. The van der Waals surface area contributed by atoms with Crippen LogP contribution < -0.4 is 10.0 Å². The van der Waals surface area contributed by atoms with Crippen molar-refractivity contribution in [2.24, 2.45) is 0 Å². The predicted molar refractivity (Wildman–Crippen MR) is 95.9 cm³/mol. The van der Waals surface area contributed by atoms with Crippen LogP contribution in [0.5, 0.6) is 0 Å². The monoisotopic (exact) mass is 361 g/mol. The van der Waals surface area contributed by atoms with Crippen LogP contribution in [0, 0.1) is 6.92 Å². The molecule has 3 rings (SSSR count). The van der Waals surface area contributed by atoms with Crippen LogP contribution >= 0.6 is 11.3 Å². The predicted octanol–water partition coefficient (Wildman–Crippen LogP) is 3.36. The fraction of sp³-hybridized carbons (Fsp3) is 0.125. The molecule has 24 heavy (non-hydrogen) atoms. The number of carbonyl (C=O) groups is 1. The zero-order chi connectivity index (χ0) is 17.3. The van der Waals surface area contributed by atoms with Crippen LogP contribution in [0.1, 0.15) is 12.5 Å². The van der Waals surface area contributed by atoms with Crippen molar-refractivity contribution in [1.29, 1.82) is 0 Å². The maximum absolute atomic E-state index is 12.4. The number of rotatable bonds is 4. The average molecular weight is 361 g/mol. The smallest absolute Gasteiger partial charge is 0.261 e. The third-order valence-corrected chi connectivity index (χ3v) is 5.59. The summed E-state index contributed by atoms with van der Waals surface area (Å²) in [6.45, 7) is 3.26. The average Bonchev–Trinajstić information content (AvgIpc) is 2.90. The van der Waals surface area contributed by atoms with E-state index in [-0.39, 0.29) is 10.8 Å². The van der Waals surface area contributed by atoms with Gasteiger partial charge in [-0.3, -0.25) is 9.52 Å². The molecule has 0 fully saturated rings. The SMILES string of the molecule is CC(=O)Nc1nc2c(C)cc(NS(=O)(=O)c3ccccc3)cc2s1. The van der Waals surface area contributed by atoms with Gasteiger partial charge < -0.3 is 5.32 Å². The first-order valence-electron chi connectivity index (χ1n) is 7.12. The summed E-state index contributed by atoms with van der Waals surface area (Å²) >= 11 is 1.30. The fourth-order valence-corrected chi connectivity index (χ4v) is 4.36. The van der Waals surface area contributed by atoms with E-state index >= 15 is 0 Å². The molecule has 1 aromatic heterocycles. The van der Waals surface area contributed by atoms with Gasteiger partial charge in [0.05, 0.1) is 20.8 Å². The number of fused-ring (bicyclic) bond motifs is 1. The number of aryl methyl sites for hydroxylation is 1. The van der Waals surface area contributed by atoms with Gasteiger partial charge in [0.25, 0.3) is 10.0 Å². The van der Waals surface area contributed by atoms with Crippen LogP contribution in [-0.2, 0) is 14.8 Å². The number of anilines is 2. The molecule has 0 spiro atoms. The Bertz CT molecular complexity index is 1010. The highest BCUT2D eigenvalue weighted by Gasteiger charge is 2.15. The van der Waals surface area contributed by atoms with Gasteiger partial charge in [0.1, 0.15) is 0 Å². The van der Waals surface area contributed by atoms with Gasteiger partial charge in [-0.15, -0.1) is 0 Å². The number of sulfonamides is 1. The first-order valence-corrected chi connectivity index (χ1v) is 9.42. The highest BCUT2D eigenvalue weighted by molar-refractivity contribution is 7.92. The number of hydrogen-bond donors (Lipinski definition) is 2. The molecule has 0 aliphatic heterocycles. The molecule has 2 aromatic carbocycles. The first-order chi connectivity index (χ1) is 11.3. The van der Waals surface area contributed by atoms with Crippen molar-refractivity contribution in [2.45, 2.75) is 18.7 Å². The van der Waals surface area contributed by atoms with Crippen molar-refractivity contribution in [1.82, 2.24) is 4.98 Å². The van der Waals surface area contributed by atoms with Crippen LogP contribution in [0.2, 0.25) is 0 Å². The number of carbonyl (C=O) groups excluding carboxylic acids is 1. The van der Waals surface area contributed by atoms with Crippen molar-refractivity contribution >= 4 is 48.3 Å². The summed E-state index contributed by atoms with van der Waals surface area (Å²) in [7, 11) is -3.65. The lowest BCUT2D eigenvalue weighted by atomic mass is 10.2. The van der Waals surface area contributed by atoms with Crippen LogP contribution in [0.3, 0.4) is 0 Å². The van der Waals surface area contributed by atoms with E-state index in [1.807, 2.05) is 6.92 Å². The molecule has 0 bridgehead atoms. The summed E-state index contributed by atoms with van der Waals surface area (Å²) in [4.78, 5) is 15.7. The lowest BCUT2D eigenvalue weighted by Crippen LogP contribution is -2.12. The van der Waals surface area contributed by atoms with E-state index in [9.17, 15) is 13.2 Å². The molecule has 124 valence electrons. The van der Waals surface area contributed by atoms with Gasteiger partial charge in [0, 0.05) is 6.92 Å². The Kier molecular flexibility index (Phi) is 4.25. The fourth-order valence-electron chi connectivity index (χ4n) is 2.27. The van der Waals surface area contributed by atoms with Gasteiger partial charge in [-0.1, -0.05) is 29.5 Å². The van der Waals surface area contributed by atoms with Crippen LogP contribution in [0.4, 0.5) is 10.8 Å². The van der Waals surface area contributed by atoms with Crippen molar-refractivity contribution in [3.05, 3.63) is 48.0 Å². The molecule has 0 radical (unpaired) electrons. The van der Waals surface area contributed by atoms with Gasteiger partial charge in [-0.25, -0.2) is 13.4 Å². The first kappa shape index (κ1) is 16.4. The van der Waals surface area contributed by atoms with E-state index in [2.05, 4.69) is 15.0 Å². The zero-order valence-corrected chi connectivity index (χ0v) is 14.7. The molecule has 6 nitrogen and oxygen atoms in total. The molecule has 0 unspecified atom stereocenters. The van der Waals surface area contributed by atoms with Gasteiger partial charge in [-0.05, 0) is 36.8 Å². The van der Waals surface area contributed by atoms with Crippen molar-refractivity contribution in [2.75, 3.05) is 10.0 Å². The Hall–Kier alpha value is -2.45. The van der Waals surface area contributed by atoms with E-state index in [0.717, 1.165) is 15.8 Å². The van der Waals surface area contributed by atoms with E-state index in [4.69, 9.17) is 0 Å². The highest BCUT2D eigenvalue weighted by Crippen LogP contribution is 2.31. The van der Waals surface area contributed by atoms with Crippen LogP contribution in [-0.4, -0.2) is 19.3 Å².